The Morgan fingerprint density at radius 3 is 2.21 bits per heavy atom. The van der Waals surface area contributed by atoms with Crippen molar-refractivity contribution < 1.29 is 27.5 Å². The van der Waals surface area contributed by atoms with Crippen LogP contribution >= 0.6 is 0 Å². The quantitative estimate of drug-likeness (QED) is 0.688. The summed E-state index contributed by atoms with van der Waals surface area (Å²) in [5, 5.41) is 0. The number of aryl methyl sites for hydroxylation is 2. The summed E-state index contributed by atoms with van der Waals surface area (Å²) < 4.78 is 43.8. The molecule has 1 amide bonds. The van der Waals surface area contributed by atoms with Gasteiger partial charge >= 0.3 is 12.1 Å². The number of carbonyl (C=O) groups excluding carboxylic acids is 2. The molecule has 4 nitrogen and oxygen atoms in total. The van der Waals surface area contributed by atoms with E-state index in [1.807, 2.05) is 32.0 Å². The van der Waals surface area contributed by atoms with E-state index in [0.29, 0.717) is 22.5 Å². The molecule has 2 heterocycles. The minimum Gasteiger partial charge on any atom is -0.456 e. The van der Waals surface area contributed by atoms with Crippen molar-refractivity contribution >= 4 is 17.6 Å². The first-order valence-electron chi connectivity index (χ1n) is 9.13. The van der Waals surface area contributed by atoms with E-state index in [0.717, 1.165) is 23.3 Å². The van der Waals surface area contributed by atoms with Gasteiger partial charge in [-0.2, -0.15) is 13.2 Å². The van der Waals surface area contributed by atoms with Crippen LogP contribution in [0.3, 0.4) is 0 Å². The summed E-state index contributed by atoms with van der Waals surface area (Å²) in [6.07, 6.45) is -4.47. The number of benzene rings is 2. The van der Waals surface area contributed by atoms with Crippen LogP contribution in [0.4, 0.5) is 18.9 Å². The molecule has 0 fully saturated rings. The lowest BCUT2D eigenvalue weighted by Crippen LogP contribution is -2.37. The van der Waals surface area contributed by atoms with E-state index >= 15 is 0 Å². The van der Waals surface area contributed by atoms with Crippen molar-refractivity contribution in [2.24, 2.45) is 0 Å². The van der Waals surface area contributed by atoms with Crippen LogP contribution in [-0.4, -0.2) is 18.5 Å². The maximum atomic E-state index is 13.0. The molecule has 7 heteroatoms. The zero-order chi connectivity index (χ0) is 20.9. The lowest BCUT2D eigenvalue weighted by Gasteiger charge is -2.32. The fourth-order valence-electron chi connectivity index (χ4n) is 4.02. The molecule has 0 saturated carbocycles. The molecule has 0 bridgehead atoms. The number of anilines is 1. The number of nitrogens with zero attached hydrogens (tertiary/aromatic N) is 1. The first-order valence-corrected chi connectivity index (χ1v) is 9.13. The monoisotopic (exact) mass is 401 g/mol. The Hall–Kier alpha value is -3.09. The van der Waals surface area contributed by atoms with Crippen molar-refractivity contribution in [1.29, 1.82) is 0 Å². The highest BCUT2D eigenvalue weighted by Gasteiger charge is 2.43. The Bertz CT molecular complexity index is 1020. The van der Waals surface area contributed by atoms with Crippen molar-refractivity contribution in [3.8, 4) is 0 Å². The number of hydrogen-bond acceptors (Lipinski definition) is 3. The van der Waals surface area contributed by atoms with Crippen LogP contribution in [0.2, 0.25) is 0 Å². The molecule has 2 aliphatic rings. The van der Waals surface area contributed by atoms with Crippen molar-refractivity contribution in [1.82, 2.24) is 0 Å². The molecule has 0 saturated heterocycles. The Morgan fingerprint density at radius 2 is 1.62 bits per heavy atom. The van der Waals surface area contributed by atoms with E-state index in [2.05, 4.69) is 0 Å². The van der Waals surface area contributed by atoms with Crippen molar-refractivity contribution in [3.05, 3.63) is 76.0 Å². The minimum atomic E-state index is -4.45. The van der Waals surface area contributed by atoms with Crippen molar-refractivity contribution in [2.75, 3.05) is 11.5 Å². The van der Waals surface area contributed by atoms with E-state index in [9.17, 15) is 22.8 Å². The first-order chi connectivity index (χ1) is 13.6. The fraction of sp³-hybridized carbons (Fsp3) is 0.273. The van der Waals surface area contributed by atoms with Gasteiger partial charge < -0.3 is 4.74 Å². The van der Waals surface area contributed by atoms with Crippen LogP contribution in [0.15, 0.2) is 53.7 Å². The average molecular weight is 401 g/mol. The number of halogens is 3. The number of alkyl halides is 3. The molecule has 0 aromatic heterocycles. The Balaban J connectivity index is 1.78. The second-order valence-electron chi connectivity index (χ2n) is 7.39. The highest BCUT2D eigenvalue weighted by atomic mass is 19.4. The first kappa shape index (κ1) is 19.2. The molecule has 150 valence electrons. The van der Waals surface area contributed by atoms with Crippen LogP contribution in [0.5, 0.6) is 0 Å². The van der Waals surface area contributed by atoms with Gasteiger partial charge in [0.2, 0.25) is 5.91 Å². The van der Waals surface area contributed by atoms with E-state index in [4.69, 9.17) is 4.74 Å². The Kier molecular flexibility index (Phi) is 4.48. The second kappa shape index (κ2) is 6.76. The topological polar surface area (TPSA) is 46.6 Å². The number of cyclic esters (lactones) is 1. The van der Waals surface area contributed by atoms with Gasteiger partial charge in [-0.25, -0.2) is 4.79 Å². The average Bonchev–Trinajstić information content (AvgIpc) is 3.01. The zero-order valence-corrected chi connectivity index (χ0v) is 15.8. The van der Waals surface area contributed by atoms with Crippen LogP contribution in [0.1, 0.15) is 34.6 Å². The van der Waals surface area contributed by atoms with Gasteiger partial charge in [0.15, 0.2) is 0 Å². The van der Waals surface area contributed by atoms with Crippen molar-refractivity contribution in [2.45, 2.75) is 32.4 Å². The van der Waals surface area contributed by atoms with Gasteiger partial charge in [-0.05, 0) is 54.8 Å². The third kappa shape index (κ3) is 3.41. The lowest BCUT2D eigenvalue weighted by molar-refractivity contribution is -0.138. The summed E-state index contributed by atoms with van der Waals surface area (Å²) in [5.74, 6) is -1.39. The summed E-state index contributed by atoms with van der Waals surface area (Å²) in [5.41, 5.74) is 3.12. The number of hydrogen-bond donors (Lipinski definition) is 0. The highest BCUT2D eigenvalue weighted by Crippen LogP contribution is 2.42. The van der Waals surface area contributed by atoms with Crippen LogP contribution in [0, 0.1) is 13.8 Å². The number of ether oxygens (including phenoxy) is 1. The van der Waals surface area contributed by atoms with Crippen LogP contribution < -0.4 is 4.90 Å². The van der Waals surface area contributed by atoms with Gasteiger partial charge in [-0.3, -0.25) is 9.69 Å². The van der Waals surface area contributed by atoms with Gasteiger partial charge in [-0.15, -0.1) is 0 Å². The summed E-state index contributed by atoms with van der Waals surface area (Å²) >= 11 is 0. The van der Waals surface area contributed by atoms with E-state index in [1.54, 1.807) is 0 Å². The smallest absolute Gasteiger partial charge is 0.416 e. The third-order valence-corrected chi connectivity index (χ3v) is 5.22. The standard InChI is InChI=1S/C22H18F3NO3/c1-12-7-13(2)9-16(8-12)26-18-11-29-21(28)20(18)17(10-19(26)27)14-3-5-15(6-4-14)22(23,24)25/h3-9,17H,10-11H2,1-2H3/t17-/m0/s1. The van der Waals surface area contributed by atoms with Gasteiger partial charge in [0, 0.05) is 18.0 Å². The molecule has 0 N–H and O–H groups in total. The largest absolute Gasteiger partial charge is 0.456 e. The number of esters is 1. The van der Waals surface area contributed by atoms with Crippen molar-refractivity contribution in [3.63, 3.8) is 0 Å². The van der Waals surface area contributed by atoms with Crippen LogP contribution in [-0.2, 0) is 20.5 Å². The third-order valence-electron chi connectivity index (χ3n) is 5.22. The Labute approximate surface area is 165 Å². The van der Waals surface area contributed by atoms with E-state index in [1.165, 1.54) is 17.0 Å². The van der Waals surface area contributed by atoms with Crippen LogP contribution in [0.25, 0.3) is 0 Å². The zero-order valence-electron chi connectivity index (χ0n) is 15.8. The molecule has 2 aliphatic heterocycles. The second-order valence-corrected chi connectivity index (χ2v) is 7.39. The molecule has 1 atom stereocenters. The molecule has 0 spiro atoms. The molecule has 0 unspecified atom stereocenters. The van der Waals surface area contributed by atoms with Gasteiger partial charge in [-0.1, -0.05) is 18.2 Å². The maximum Gasteiger partial charge on any atom is 0.416 e. The maximum absolute atomic E-state index is 13.0. The summed E-state index contributed by atoms with van der Waals surface area (Å²) in [6, 6.07) is 10.3. The summed E-state index contributed by atoms with van der Waals surface area (Å²) in [4.78, 5) is 27.0. The lowest BCUT2D eigenvalue weighted by atomic mass is 9.83. The molecule has 0 aliphatic carbocycles. The number of rotatable bonds is 2. The number of carbonyl (C=O) groups is 2. The van der Waals surface area contributed by atoms with E-state index < -0.39 is 23.6 Å². The minimum absolute atomic E-state index is 0.0215. The van der Waals surface area contributed by atoms with Gasteiger partial charge in [0.25, 0.3) is 0 Å². The predicted molar refractivity (Wildman–Crippen MR) is 100 cm³/mol. The van der Waals surface area contributed by atoms with E-state index in [-0.39, 0.29) is 18.9 Å². The Morgan fingerprint density at radius 1 is 1.00 bits per heavy atom. The molecule has 4 rings (SSSR count). The summed E-state index contributed by atoms with van der Waals surface area (Å²) in [6.45, 7) is 3.80. The van der Waals surface area contributed by atoms with Gasteiger partial charge in [0.05, 0.1) is 16.8 Å². The SMILES string of the molecule is Cc1cc(C)cc(N2C(=O)C[C@@H](c3ccc(C(F)(F)F)cc3)C3=C2COC3=O)c1. The fourth-order valence-corrected chi connectivity index (χ4v) is 4.02. The molecule has 2 aromatic carbocycles. The number of amides is 1. The van der Waals surface area contributed by atoms with Gasteiger partial charge in [0.1, 0.15) is 6.61 Å². The molecule has 0 radical (unpaired) electrons. The highest BCUT2D eigenvalue weighted by molar-refractivity contribution is 6.06. The molecule has 29 heavy (non-hydrogen) atoms. The molecular formula is C22H18F3NO3. The normalized spacial score (nSPS) is 19.5. The molecular weight excluding hydrogens is 383 g/mol. The predicted octanol–water partition coefficient (Wildman–Crippen LogP) is 4.65. The molecule has 2 aromatic rings. The summed E-state index contributed by atoms with van der Waals surface area (Å²) in [7, 11) is 0.